The maximum Gasteiger partial charge on any atom is 0.0107 e. The van der Waals surface area contributed by atoms with Gasteiger partial charge in [0.15, 0.2) is 0 Å². The second-order valence-electron chi connectivity index (χ2n) is 1.59. The third-order valence-electron chi connectivity index (χ3n) is 0.751. The van der Waals surface area contributed by atoms with Crippen molar-refractivity contribution >= 4 is 37.0 Å². The Kier molecular flexibility index (Phi) is 6.98. The summed E-state index contributed by atoms with van der Waals surface area (Å²) in [6.45, 7) is 2.18. The van der Waals surface area contributed by atoms with E-state index >= 15 is 0 Å². The lowest BCUT2D eigenvalue weighted by Crippen LogP contribution is -1.98. The maximum atomic E-state index is 4.14. The molecule has 50 valence electrons. The minimum absolute atomic E-state index is 0.686. The summed E-state index contributed by atoms with van der Waals surface area (Å²) in [6.07, 6.45) is 0. The van der Waals surface area contributed by atoms with Crippen LogP contribution >= 0.6 is 37.0 Å². The van der Waals surface area contributed by atoms with Gasteiger partial charge in [-0.1, -0.05) is 6.92 Å². The molecule has 0 aromatic rings. The lowest BCUT2D eigenvalue weighted by atomic mass is 10.6. The molecule has 0 fully saturated rings. The van der Waals surface area contributed by atoms with Crippen molar-refractivity contribution in [2.75, 3.05) is 17.3 Å². The van der Waals surface area contributed by atoms with Gasteiger partial charge in [0.25, 0.3) is 0 Å². The van der Waals surface area contributed by atoms with E-state index < -0.39 is 0 Å². The van der Waals surface area contributed by atoms with Gasteiger partial charge in [-0.25, -0.2) is 0 Å². The van der Waals surface area contributed by atoms with Gasteiger partial charge in [0.2, 0.25) is 0 Å². The summed E-state index contributed by atoms with van der Waals surface area (Å²) in [6, 6.07) is 0. The molecule has 0 nitrogen and oxygen atoms in total. The number of thiol groups is 2. The monoisotopic (exact) mass is 168 g/mol. The van der Waals surface area contributed by atoms with Crippen molar-refractivity contribution in [3.63, 3.8) is 0 Å². The molecule has 0 aliphatic heterocycles. The van der Waals surface area contributed by atoms with E-state index in [-0.39, 0.29) is 0 Å². The molecular formula is C5H12S3. The lowest BCUT2D eigenvalue weighted by molar-refractivity contribution is 1.13. The highest BCUT2D eigenvalue weighted by Gasteiger charge is 1.95. The Morgan fingerprint density at radius 3 is 2.50 bits per heavy atom. The molecule has 0 saturated carbocycles. The molecular weight excluding hydrogens is 156 g/mol. The molecule has 0 rings (SSSR count). The molecule has 0 saturated heterocycles. The second-order valence-corrected chi connectivity index (χ2v) is 3.95. The second kappa shape index (κ2) is 6.17. The molecule has 0 bridgehead atoms. The van der Waals surface area contributed by atoms with Crippen LogP contribution < -0.4 is 0 Å². The number of hydrogen-bond donors (Lipinski definition) is 2. The summed E-state index contributed by atoms with van der Waals surface area (Å²) in [4.78, 5) is 0. The van der Waals surface area contributed by atoms with E-state index in [0.29, 0.717) is 5.25 Å². The largest absolute Gasteiger partial charge is 0.179 e. The van der Waals surface area contributed by atoms with Gasteiger partial charge in [0, 0.05) is 16.8 Å². The first-order valence-corrected chi connectivity index (χ1v) is 4.96. The van der Waals surface area contributed by atoms with Crippen LogP contribution in [-0.2, 0) is 0 Å². The zero-order chi connectivity index (χ0) is 6.41. The lowest BCUT2D eigenvalue weighted by Gasteiger charge is -2.03. The zero-order valence-corrected chi connectivity index (χ0v) is 7.61. The Morgan fingerprint density at radius 2 is 2.12 bits per heavy atom. The topological polar surface area (TPSA) is 0 Å². The van der Waals surface area contributed by atoms with Gasteiger partial charge < -0.3 is 0 Å². The van der Waals surface area contributed by atoms with Gasteiger partial charge in [0.1, 0.15) is 0 Å². The van der Waals surface area contributed by atoms with Gasteiger partial charge in [-0.05, 0) is 5.75 Å². The molecule has 0 spiro atoms. The fourth-order valence-electron chi connectivity index (χ4n) is 0.307. The Balaban J connectivity index is 2.86. The highest BCUT2D eigenvalue weighted by molar-refractivity contribution is 8.01. The van der Waals surface area contributed by atoms with Crippen molar-refractivity contribution in [1.82, 2.24) is 0 Å². The highest BCUT2D eigenvalue weighted by Crippen LogP contribution is 2.10. The fourth-order valence-corrected chi connectivity index (χ4v) is 1.55. The molecule has 0 heterocycles. The van der Waals surface area contributed by atoms with Crippen LogP contribution in [0.15, 0.2) is 0 Å². The van der Waals surface area contributed by atoms with Gasteiger partial charge in [0.05, 0.1) is 0 Å². The number of hydrogen-bond acceptors (Lipinski definition) is 3. The molecule has 0 N–H and O–H groups in total. The van der Waals surface area contributed by atoms with Gasteiger partial charge in [-0.2, -0.15) is 37.0 Å². The first kappa shape index (κ1) is 9.05. The van der Waals surface area contributed by atoms with Crippen molar-refractivity contribution < 1.29 is 0 Å². The molecule has 8 heavy (non-hydrogen) atoms. The third kappa shape index (κ3) is 5.19. The highest BCUT2D eigenvalue weighted by atomic mass is 32.2. The number of rotatable bonds is 4. The summed E-state index contributed by atoms with van der Waals surface area (Å²) >= 11 is 10.2. The molecule has 1 atom stereocenters. The average molecular weight is 168 g/mol. The number of thioether (sulfide) groups is 1. The van der Waals surface area contributed by atoms with E-state index in [0.717, 1.165) is 17.3 Å². The maximum absolute atomic E-state index is 4.14. The Labute approximate surface area is 66.6 Å². The van der Waals surface area contributed by atoms with E-state index in [1.165, 1.54) is 0 Å². The Bertz CT molecular complexity index is 46.9. The molecule has 0 radical (unpaired) electrons. The van der Waals surface area contributed by atoms with E-state index in [9.17, 15) is 0 Å². The first-order valence-electron chi connectivity index (χ1n) is 2.64. The van der Waals surface area contributed by atoms with Crippen LogP contribution in [0.2, 0.25) is 0 Å². The molecule has 0 aromatic heterocycles. The normalized spacial score (nSPS) is 13.9. The molecule has 3 heteroatoms. The summed E-state index contributed by atoms with van der Waals surface area (Å²) in [5, 5.41) is 0.686. The zero-order valence-electron chi connectivity index (χ0n) is 5.00. The van der Waals surface area contributed by atoms with Crippen LogP contribution in [0.3, 0.4) is 0 Å². The van der Waals surface area contributed by atoms with Crippen LogP contribution in [-0.4, -0.2) is 22.5 Å². The summed E-state index contributed by atoms with van der Waals surface area (Å²) < 4.78 is 0. The van der Waals surface area contributed by atoms with Crippen LogP contribution in [0, 0.1) is 0 Å². The van der Waals surface area contributed by atoms with Crippen LogP contribution in [0.5, 0.6) is 0 Å². The Morgan fingerprint density at radius 1 is 1.50 bits per heavy atom. The smallest absolute Gasteiger partial charge is 0.0107 e. The summed E-state index contributed by atoms with van der Waals surface area (Å²) in [5.41, 5.74) is 0. The van der Waals surface area contributed by atoms with E-state index in [1.54, 1.807) is 0 Å². The molecule has 0 aliphatic rings. The van der Waals surface area contributed by atoms with Gasteiger partial charge in [-0.3, -0.25) is 0 Å². The molecule has 0 aliphatic carbocycles. The van der Waals surface area contributed by atoms with Crippen LogP contribution in [0.1, 0.15) is 6.92 Å². The van der Waals surface area contributed by atoms with Crippen molar-refractivity contribution in [1.29, 1.82) is 0 Å². The minimum atomic E-state index is 0.686. The van der Waals surface area contributed by atoms with Crippen molar-refractivity contribution in [2.45, 2.75) is 12.2 Å². The summed E-state index contributed by atoms with van der Waals surface area (Å²) in [5.74, 6) is 3.09. The fraction of sp³-hybridized carbons (Fsp3) is 1.00. The van der Waals surface area contributed by atoms with E-state index in [1.807, 2.05) is 11.8 Å². The van der Waals surface area contributed by atoms with Gasteiger partial charge >= 0.3 is 0 Å². The van der Waals surface area contributed by atoms with Crippen LogP contribution in [0.4, 0.5) is 0 Å². The average Bonchev–Trinajstić information content (AvgIpc) is 1.83. The SMILES string of the molecule is CC(CS)SCCS. The van der Waals surface area contributed by atoms with E-state index in [4.69, 9.17) is 0 Å². The quantitative estimate of drug-likeness (QED) is 0.605. The van der Waals surface area contributed by atoms with Crippen molar-refractivity contribution in [3.8, 4) is 0 Å². The van der Waals surface area contributed by atoms with Crippen molar-refractivity contribution in [2.24, 2.45) is 0 Å². The van der Waals surface area contributed by atoms with Crippen LogP contribution in [0.25, 0.3) is 0 Å². The predicted octanol–water partition coefficient (Wildman–Crippen LogP) is 1.97. The molecule has 0 aromatic carbocycles. The molecule has 1 unspecified atom stereocenters. The Hall–Kier alpha value is 1.05. The third-order valence-corrected chi connectivity index (χ3v) is 3.25. The van der Waals surface area contributed by atoms with E-state index in [2.05, 4.69) is 32.2 Å². The standard InChI is InChI=1S/C5H12S3/c1-5(4-7)8-3-2-6/h5-7H,2-4H2,1H3. The van der Waals surface area contributed by atoms with Crippen molar-refractivity contribution in [3.05, 3.63) is 0 Å². The predicted molar refractivity (Wildman–Crippen MR) is 49.6 cm³/mol. The molecule has 0 amide bonds. The minimum Gasteiger partial charge on any atom is -0.179 e. The van der Waals surface area contributed by atoms with Gasteiger partial charge in [-0.15, -0.1) is 0 Å². The first-order chi connectivity index (χ1) is 3.81. The summed E-state index contributed by atoms with van der Waals surface area (Å²) in [7, 11) is 0.